The Bertz CT molecular complexity index is 618. The third-order valence-electron chi connectivity index (χ3n) is 3.62. The number of sulfone groups is 1. The van der Waals surface area contributed by atoms with Crippen molar-refractivity contribution < 1.29 is 12.8 Å². The van der Waals surface area contributed by atoms with Crippen LogP contribution in [0.5, 0.6) is 0 Å². The lowest BCUT2D eigenvalue weighted by atomic mass is 9.93. The molecule has 1 heterocycles. The highest BCUT2D eigenvalue weighted by Crippen LogP contribution is 2.34. The van der Waals surface area contributed by atoms with Crippen LogP contribution in [-0.2, 0) is 9.84 Å². The molecule has 1 aromatic carbocycles. The molecular weight excluding hydrogens is 253 g/mol. The van der Waals surface area contributed by atoms with E-state index in [9.17, 15) is 12.8 Å². The number of nitrogens with one attached hydrogen (secondary N) is 1. The van der Waals surface area contributed by atoms with Gasteiger partial charge >= 0.3 is 0 Å². The van der Waals surface area contributed by atoms with Crippen molar-refractivity contribution in [2.45, 2.75) is 30.2 Å². The first-order chi connectivity index (χ1) is 8.59. The van der Waals surface area contributed by atoms with Crippen molar-refractivity contribution in [1.29, 1.82) is 0 Å². The number of fused-ring (bicyclic) bond motifs is 1. The summed E-state index contributed by atoms with van der Waals surface area (Å²) >= 11 is 0. The SMILES string of the molecule is O=S1(=O)C(CNC2CCC2)=Cc2c(F)cccc21. The van der Waals surface area contributed by atoms with E-state index < -0.39 is 15.7 Å². The van der Waals surface area contributed by atoms with Gasteiger partial charge in [-0.05, 0) is 31.1 Å². The third kappa shape index (κ3) is 1.78. The summed E-state index contributed by atoms with van der Waals surface area (Å²) in [5.74, 6) is -0.477. The minimum absolute atomic E-state index is 0.0907. The third-order valence-corrected chi connectivity index (χ3v) is 5.51. The predicted molar refractivity (Wildman–Crippen MR) is 67.2 cm³/mol. The highest BCUT2D eigenvalue weighted by molar-refractivity contribution is 7.95. The Labute approximate surface area is 106 Å². The van der Waals surface area contributed by atoms with Crippen molar-refractivity contribution in [1.82, 2.24) is 5.32 Å². The van der Waals surface area contributed by atoms with E-state index in [0.717, 1.165) is 12.8 Å². The van der Waals surface area contributed by atoms with Gasteiger partial charge in [-0.15, -0.1) is 0 Å². The minimum Gasteiger partial charge on any atom is -0.309 e. The summed E-state index contributed by atoms with van der Waals surface area (Å²) in [5, 5.41) is 3.20. The summed E-state index contributed by atoms with van der Waals surface area (Å²) in [5.41, 5.74) is 0.197. The van der Waals surface area contributed by atoms with Crippen LogP contribution in [0, 0.1) is 5.82 Å². The van der Waals surface area contributed by atoms with Gasteiger partial charge in [-0.25, -0.2) is 12.8 Å². The highest BCUT2D eigenvalue weighted by Gasteiger charge is 2.31. The molecule has 1 saturated carbocycles. The zero-order valence-corrected chi connectivity index (χ0v) is 10.6. The van der Waals surface area contributed by atoms with Crippen LogP contribution in [0.1, 0.15) is 24.8 Å². The molecule has 96 valence electrons. The number of rotatable bonds is 3. The second-order valence-corrected chi connectivity index (χ2v) is 6.75. The fourth-order valence-electron chi connectivity index (χ4n) is 2.27. The van der Waals surface area contributed by atoms with E-state index in [0.29, 0.717) is 12.6 Å². The van der Waals surface area contributed by atoms with Gasteiger partial charge in [0, 0.05) is 18.2 Å². The molecule has 18 heavy (non-hydrogen) atoms. The maximum Gasteiger partial charge on any atom is 0.204 e. The molecule has 0 spiro atoms. The second-order valence-electron chi connectivity index (χ2n) is 4.77. The molecule has 0 amide bonds. The smallest absolute Gasteiger partial charge is 0.204 e. The van der Waals surface area contributed by atoms with E-state index in [1.54, 1.807) is 0 Å². The Morgan fingerprint density at radius 3 is 2.72 bits per heavy atom. The molecule has 1 N–H and O–H groups in total. The van der Waals surface area contributed by atoms with Gasteiger partial charge in [-0.2, -0.15) is 0 Å². The standard InChI is InChI=1S/C13H14FNO2S/c14-12-5-2-6-13-11(12)7-10(18(13,16)17)8-15-9-3-1-4-9/h2,5-7,9,15H,1,3-4,8H2. The van der Waals surface area contributed by atoms with Crippen LogP contribution >= 0.6 is 0 Å². The molecule has 0 bridgehead atoms. The molecule has 0 atom stereocenters. The van der Waals surface area contributed by atoms with Gasteiger partial charge < -0.3 is 5.32 Å². The molecular formula is C13H14FNO2S. The topological polar surface area (TPSA) is 46.2 Å². The first kappa shape index (κ1) is 11.9. The van der Waals surface area contributed by atoms with Crippen molar-refractivity contribution >= 4 is 15.9 Å². The quantitative estimate of drug-likeness (QED) is 0.912. The average Bonchev–Trinajstić information content (AvgIpc) is 2.51. The van der Waals surface area contributed by atoms with Crippen molar-refractivity contribution in [3.05, 3.63) is 34.5 Å². The van der Waals surface area contributed by atoms with Gasteiger partial charge in [0.25, 0.3) is 0 Å². The minimum atomic E-state index is -3.49. The van der Waals surface area contributed by atoms with Crippen LogP contribution < -0.4 is 5.32 Å². The van der Waals surface area contributed by atoms with Crippen LogP contribution in [0.25, 0.3) is 6.08 Å². The molecule has 0 saturated heterocycles. The number of benzene rings is 1. The van der Waals surface area contributed by atoms with Crippen molar-refractivity contribution in [2.24, 2.45) is 0 Å². The Hall–Kier alpha value is -1.20. The van der Waals surface area contributed by atoms with Gasteiger partial charge in [0.2, 0.25) is 9.84 Å². The Balaban J connectivity index is 1.88. The molecule has 3 nitrogen and oxygen atoms in total. The van der Waals surface area contributed by atoms with Crippen LogP contribution in [0.2, 0.25) is 0 Å². The molecule has 5 heteroatoms. The molecule has 1 fully saturated rings. The van der Waals surface area contributed by atoms with Crippen LogP contribution in [0.15, 0.2) is 28.0 Å². The van der Waals surface area contributed by atoms with Gasteiger partial charge in [-0.3, -0.25) is 0 Å². The number of hydrogen-bond acceptors (Lipinski definition) is 3. The summed E-state index contributed by atoms with van der Waals surface area (Å²) in [4.78, 5) is 0.363. The summed E-state index contributed by atoms with van der Waals surface area (Å²) in [6, 6.07) is 4.59. The van der Waals surface area contributed by atoms with E-state index in [1.165, 1.54) is 30.7 Å². The maximum absolute atomic E-state index is 13.6. The molecule has 1 aromatic rings. The molecule has 3 rings (SSSR count). The molecule has 1 aliphatic carbocycles. The average molecular weight is 267 g/mol. The maximum atomic E-state index is 13.6. The molecule has 2 aliphatic rings. The normalized spacial score (nSPS) is 21.3. The largest absolute Gasteiger partial charge is 0.309 e. The number of halogens is 1. The van der Waals surface area contributed by atoms with Gasteiger partial charge in [0.1, 0.15) is 5.82 Å². The fourth-order valence-corrected chi connectivity index (χ4v) is 3.81. The fraction of sp³-hybridized carbons (Fsp3) is 0.385. The van der Waals surface area contributed by atoms with E-state index in [2.05, 4.69) is 5.32 Å². The summed E-state index contributed by atoms with van der Waals surface area (Å²) in [7, 11) is -3.49. The van der Waals surface area contributed by atoms with Crippen LogP contribution in [-0.4, -0.2) is 21.0 Å². The van der Waals surface area contributed by atoms with Gasteiger partial charge in [-0.1, -0.05) is 12.5 Å². The molecule has 0 aromatic heterocycles. The van der Waals surface area contributed by atoms with Gasteiger partial charge in [0.05, 0.1) is 9.80 Å². The van der Waals surface area contributed by atoms with Crippen molar-refractivity contribution in [2.75, 3.05) is 6.54 Å². The Kier molecular flexibility index (Phi) is 2.75. The van der Waals surface area contributed by atoms with Crippen LogP contribution in [0.4, 0.5) is 4.39 Å². The lowest BCUT2D eigenvalue weighted by Gasteiger charge is -2.26. The van der Waals surface area contributed by atoms with E-state index in [1.807, 2.05) is 0 Å². The first-order valence-corrected chi connectivity index (χ1v) is 7.55. The van der Waals surface area contributed by atoms with E-state index in [4.69, 9.17) is 0 Å². The lowest BCUT2D eigenvalue weighted by Crippen LogP contribution is -2.36. The van der Waals surface area contributed by atoms with E-state index in [-0.39, 0.29) is 15.4 Å². The zero-order valence-electron chi connectivity index (χ0n) is 9.82. The lowest BCUT2D eigenvalue weighted by molar-refractivity contribution is 0.351. The predicted octanol–water partition coefficient (Wildman–Crippen LogP) is 2.10. The first-order valence-electron chi connectivity index (χ1n) is 6.06. The molecule has 1 aliphatic heterocycles. The highest BCUT2D eigenvalue weighted by atomic mass is 32.2. The molecule has 0 unspecified atom stereocenters. The summed E-state index contributed by atoms with van der Waals surface area (Å²) in [6.45, 7) is 0.293. The van der Waals surface area contributed by atoms with E-state index >= 15 is 0 Å². The molecule has 0 radical (unpaired) electrons. The monoisotopic (exact) mass is 267 g/mol. The summed E-state index contributed by atoms with van der Waals surface area (Å²) < 4.78 is 37.9. The second kappa shape index (κ2) is 4.17. The van der Waals surface area contributed by atoms with Crippen molar-refractivity contribution in [3.63, 3.8) is 0 Å². The Morgan fingerprint density at radius 1 is 1.33 bits per heavy atom. The van der Waals surface area contributed by atoms with Gasteiger partial charge in [0.15, 0.2) is 0 Å². The Morgan fingerprint density at radius 2 is 2.11 bits per heavy atom. The zero-order chi connectivity index (χ0) is 12.8. The van der Waals surface area contributed by atoms with Crippen LogP contribution in [0.3, 0.4) is 0 Å². The number of hydrogen-bond donors (Lipinski definition) is 1. The van der Waals surface area contributed by atoms with Crippen molar-refractivity contribution in [3.8, 4) is 0 Å². The summed E-state index contributed by atoms with van der Waals surface area (Å²) in [6.07, 6.45) is 4.83.